The van der Waals surface area contributed by atoms with E-state index in [4.69, 9.17) is 0 Å². The van der Waals surface area contributed by atoms with Crippen LogP contribution in [0.2, 0.25) is 0 Å². The molecular weight excluding hydrogens is 342 g/mol. The maximum Gasteiger partial charge on any atom is 0.305 e. The van der Waals surface area contributed by atoms with Crippen molar-refractivity contribution in [3.8, 4) is 0 Å². The number of hydrogen-bond donors (Lipinski definition) is 1. The second kappa shape index (κ2) is 8.62. The van der Waals surface area contributed by atoms with Crippen LogP contribution < -0.4 is 5.32 Å². The fourth-order valence-corrected chi connectivity index (χ4v) is 3.33. The summed E-state index contributed by atoms with van der Waals surface area (Å²) in [6.07, 6.45) is 0.716. The highest BCUT2D eigenvalue weighted by molar-refractivity contribution is 8.04. The molecule has 0 aromatic heterocycles. The van der Waals surface area contributed by atoms with E-state index in [0.29, 0.717) is 34.6 Å². The van der Waals surface area contributed by atoms with Gasteiger partial charge in [-0.2, -0.15) is 0 Å². The number of nitrogens with one attached hydrogen (secondary N) is 1. The topological polar surface area (TPSA) is 89.5 Å². The molecule has 0 heterocycles. The highest BCUT2D eigenvalue weighted by Crippen LogP contribution is 2.32. The normalized spacial score (nSPS) is 13.5. The quantitative estimate of drug-likeness (QED) is 0.591. The number of methoxy groups -OCH3 is 1. The number of thioether (sulfide) groups is 1. The van der Waals surface area contributed by atoms with E-state index in [1.54, 1.807) is 31.2 Å². The van der Waals surface area contributed by atoms with Crippen LogP contribution in [0.15, 0.2) is 34.7 Å². The van der Waals surface area contributed by atoms with E-state index < -0.39 is 0 Å². The predicted molar refractivity (Wildman–Crippen MR) is 94.5 cm³/mol. The summed E-state index contributed by atoms with van der Waals surface area (Å²) in [5.74, 6) is -0.956. The maximum atomic E-state index is 12.5. The predicted octanol–water partition coefficient (Wildman–Crippen LogP) is 2.14. The fraction of sp³-hybridized carbons (Fsp3) is 0.333. The second-order valence-corrected chi connectivity index (χ2v) is 6.46. The molecule has 1 aliphatic carbocycles. The van der Waals surface area contributed by atoms with E-state index in [-0.39, 0.29) is 35.6 Å². The van der Waals surface area contributed by atoms with Crippen LogP contribution in [0.1, 0.15) is 40.5 Å². The Morgan fingerprint density at radius 1 is 1.12 bits per heavy atom. The first-order valence-corrected chi connectivity index (χ1v) is 8.80. The van der Waals surface area contributed by atoms with Crippen LogP contribution >= 0.6 is 11.8 Å². The van der Waals surface area contributed by atoms with E-state index in [9.17, 15) is 19.2 Å². The summed E-state index contributed by atoms with van der Waals surface area (Å²) < 4.78 is 4.52. The fourth-order valence-electron chi connectivity index (χ4n) is 2.40. The number of ether oxygens (including phenoxy) is 1. The minimum atomic E-state index is -0.325. The Morgan fingerprint density at radius 3 is 2.40 bits per heavy atom. The van der Waals surface area contributed by atoms with Crippen LogP contribution in [0.25, 0.3) is 0 Å². The van der Waals surface area contributed by atoms with Gasteiger partial charge in [0.2, 0.25) is 11.7 Å². The van der Waals surface area contributed by atoms with Crippen LogP contribution in [0.3, 0.4) is 0 Å². The number of benzene rings is 1. The molecule has 1 aromatic rings. The molecule has 0 saturated heterocycles. The van der Waals surface area contributed by atoms with Gasteiger partial charge in [0.25, 0.3) is 0 Å². The number of ketones is 2. The summed E-state index contributed by atoms with van der Waals surface area (Å²) in [5.41, 5.74) is 1.15. The highest BCUT2D eigenvalue weighted by Gasteiger charge is 2.30. The highest BCUT2D eigenvalue weighted by atomic mass is 32.2. The van der Waals surface area contributed by atoms with Gasteiger partial charge >= 0.3 is 5.97 Å². The molecule has 0 bridgehead atoms. The van der Waals surface area contributed by atoms with E-state index >= 15 is 0 Å². The van der Waals surface area contributed by atoms with Crippen LogP contribution in [-0.4, -0.2) is 42.9 Å². The monoisotopic (exact) mass is 361 g/mol. The molecule has 0 unspecified atom stereocenters. The standard InChI is InChI=1S/C18H19NO5S/c1-11-16(22)12-6-3-4-7-13(12)17(23)18(11)25-10-14(20)19-9-5-8-15(21)24-2/h3-4,6-7H,5,8-10H2,1-2H3,(H,19,20). The molecular formula is C18H19NO5S. The van der Waals surface area contributed by atoms with Gasteiger partial charge in [0.05, 0.1) is 17.8 Å². The van der Waals surface area contributed by atoms with Gasteiger partial charge in [-0.3, -0.25) is 19.2 Å². The van der Waals surface area contributed by atoms with Gasteiger partial charge in [-0.25, -0.2) is 0 Å². The average Bonchev–Trinajstić information content (AvgIpc) is 2.63. The van der Waals surface area contributed by atoms with Crippen LogP contribution in [-0.2, 0) is 14.3 Å². The Bertz CT molecular complexity index is 754. The van der Waals surface area contributed by atoms with Crippen molar-refractivity contribution in [2.24, 2.45) is 0 Å². The lowest BCUT2D eigenvalue weighted by molar-refractivity contribution is -0.140. The Balaban J connectivity index is 1.91. The average molecular weight is 361 g/mol. The summed E-state index contributed by atoms with van der Waals surface area (Å²) in [6.45, 7) is 1.95. The molecule has 1 aliphatic rings. The summed E-state index contributed by atoms with van der Waals surface area (Å²) in [7, 11) is 1.31. The number of allylic oxidation sites excluding steroid dienone is 2. The first kappa shape index (κ1) is 18.9. The van der Waals surface area contributed by atoms with Gasteiger partial charge in [-0.15, -0.1) is 11.8 Å². The van der Waals surface area contributed by atoms with Crippen molar-refractivity contribution in [2.75, 3.05) is 19.4 Å². The lowest BCUT2D eigenvalue weighted by atomic mass is 9.90. The van der Waals surface area contributed by atoms with Gasteiger partial charge in [0.15, 0.2) is 5.78 Å². The number of rotatable bonds is 7. The third-order valence-corrected chi connectivity index (χ3v) is 4.95. The van der Waals surface area contributed by atoms with Crippen molar-refractivity contribution < 1.29 is 23.9 Å². The minimum Gasteiger partial charge on any atom is -0.469 e. The van der Waals surface area contributed by atoms with Crippen molar-refractivity contribution in [3.63, 3.8) is 0 Å². The van der Waals surface area contributed by atoms with Gasteiger partial charge < -0.3 is 10.1 Å². The third kappa shape index (κ3) is 4.57. The van der Waals surface area contributed by atoms with Crippen molar-refractivity contribution in [3.05, 3.63) is 45.9 Å². The summed E-state index contributed by atoms with van der Waals surface area (Å²) in [5, 5.41) is 2.68. The molecule has 0 aliphatic heterocycles. The number of Topliss-reactive ketones (excluding diaryl/α,β-unsaturated/α-hetero) is 2. The van der Waals surface area contributed by atoms with Crippen LogP contribution in [0.4, 0.5) is 0 Å². The molecule has 132 valence electrons. The third-order valence-electron chi connectivity index (χ3n) is 3.76. The van der Waals surface area contributed by atoms with Gasteiger partial charge in [0.1, 0.15) is 0 Å². The Hall–Kier alpha value is -2.41. The van der Waals surface area contributed by atoms with E-state index in [0.717, 1.165) is 11.8 Å². The molecule has 0 saturated carbocycles. The number of hydrogen-bond acceptors (Lipinski definition) is 6. The molecule has 0 atom stereocenters. The van der Waals surface area contributed by atoms with Crippen molar-refractivity contribution >= 4 is 35.2 Å². The Morgan fingerprint density at radius 2 is 1.76 bits per heavy atom. The van der Waals surface area contributed by atoms with Crippen LogP contribution in [0, 0.1) is 0 Å². The van der Waals surface area contributed by atoms with Gasteiger partial charge in [-0.05, 0) is 13.3 Å². The molecule has 7 heteroatoms. The zero-order chi connectivity index (χ0) is 18.4. The molecule has 0 radical (unpaired) electrons. The molecule has 0 fully saturated rings. The number of amides is 1. The van der Waals surface area contributed by atoms with E-state index in [1.165, 1.54) is 7.11 Å². The van der Waals surface area contributed by atoms with Crippen molar-refractivity contribution in [1.82, 2.24) is 5.32 Å². The summed E-state index contributed by atoms with van der Waals surface area (Å²) in [6, 6.07) is 6.68. The lowest BCUT2D eigenvalue weighted by Crippen LogP contribution is -2.27. The molecule has 2 rings (SSSR count). The first-order chi connectivity index (χ1) is 12.0. The molecule has 1 N–H and O–H groups in total. The molecule has 25 heavy (non-hydrogen) atoms. The van der Waals surface area contributed by atoms with Crippen molar-refractivity contribution in [1.29, 1.82) is 0 Å². The molecule has 6 nitrogen and oxygen atoms in total. The Labute approximate surface area is 150 Å². The zero-order valence-electron chi connectivity index (χ0n) is 14.1. The molecule has 1 aromatic carbocycles. The number of esters is 1. The van der Waals surface area contributed by atoms with Crippen LogP contribution in [0.5, 0.6) is 0 Å². The molecule has 1 amide bonds. The zero-order valence-corrected chi connectivity index (χ0v) is 14.9. The number of carbonyl (C=O) groups excluding carboxylic acids is 4. The van der Waals surface area contributed by atoms with Gasteiger partial charge in [0, 0.05) is 29.7 Å². The largest absolute Gasteiger partial charge is 0.469 e. The minimum absolute atomic E-state index is 0.0338. The second-order valence-electron chi connectivity index (χ2n) is 5.48. The lowest BCUT2D eigenvalue weighted by Gasteiger charge is -2.18. The first-order valence-electron chi connectivity index (χ1n) is 7.81. The Kier molecular flexibility index (Phi) is 6.52. The van der Waals surface area contributed by atoms with Gasteiger partial charge in [-0.1, -0.05) is 24.3 Å². The van der Waals surface area contributed by atoms with E-state index in [1.807, 2.05) is 0 Å². The maximum absolute atomic E-state index is 12.5. The van der Waals surface area contributed by atoms with E-state index in [2.05, 4.69) is 10.1 Å². The molecule has 0 spiro atoms. The summed E-state index contributed by atoms with van der Waals surface area (Å²) >= 11 is 1.06. The van der Waals surface area contributed by atoms with Crippen molar-refractivity contribution in [2.45, 2.75) is 19.8 Å². The smallest absolute Gasteiger partial charge is 0.305 e. The number of carbonyl (C=O) groups is 4. The SMILES string of the molecule is COC(=O)CCCNC(=O)CSC1=C(C)C(=O)c2ccccc2C1=O. The number of fused-ring (bicyclic) bond motifs is 1. The summed E-state index contributed by atoms with van der Waals surface area (Å²) in [4.78, 5) is 48.1.